The van der Waals surface area contributed by atoms with Gasteiger partial charge in [0.05, 0.1) is 22.7 Å². The Morgan fingerprint density at radius 3 is 1.54 bits per heavy atom. The van der Waals surface area contributed by atoms with Crippen molar-refractivity contribution in [3.63, 3.8) is 0 Å². The average Bonchev–Trinajstić information content (AvgIpc) is 3.59. The van der Waals surface area contributed by atoms with E-state index in [1.54, 1.807) is 0 Å². The maximum atomic E-state index is 6.11. The van der Waals surface area contributed by atoms with Crippen LogP contribution in [0.1, 0.15) is 0 Å². The van der Waals surface area contributed by atoms with Crippen molar-refractivity contribution in [2.45, 2.75) is 0 Å². The van der Waals surface area contributed by atoms with Crippen LogP contribution in [0.25, 0.3) is 33.1 Å². The maximum absolute atomic E-state index is 6.11. The summed E-state index contributed by atoms with van der Waals surface area (Å²) < 4.78 is 6.11. The molecule has 0 radical (unpaired) electrons. The SMILES string of the molecule is c1ccc(N(c2ccccc2)c2ccc3c(c2)N(c2ccccc2)c2ccccc2N3c2ccc(-c3ccc4oc5ccccc5c4c3)cc2)cc1. The Balaban J connectivity index is 1.12. The van der Waals surface area contributed by atoms with E-state index in [1.807, 2.05) is 12.1 Å². The predicted octanol–water partition coefficient (Wildman–Crippen LogP) is 14.0. The topological polar surface area (TPSA) is 22.9 Å². The van der Waals surface area contributed by atoms with Crippen LogP contribution in [0.15, 0.2) is 205 Å². The molecule has 0 saturated carbocycles. The van der Waals surface area contributed by atoms with E-state index in [2.05, 4.69) is 203 Å². The number of hydrogen-bond donors (Lipinski definition) is 0. The van der Waals surface area contributed by atoms with Gasteiger partial charge in [0.1, 0.15) is 11.2 Å². The lowest BCUT2D eigenvalue weighted by Gasteiger charge is -2.41. The second-order valence-electron chi connectivity index (χ2n) is 13.0. The summed E-state index contributed by atoms with van der Waals surface area (Å²) in [6.07, 6.45) is 0. The van der Waals surface area contributed by atoms with Crippen molar-refractivity contribution >= 4 is 73.1 Å². The Kier molecular flexibility index (Phi) is 7.10. The molecule has 0 N–H and O–H groups in total. The Morgan fingerprint density at radius 1 is 0.327 bits per heavy atom. The fraction of sp³-hybridized carbons (Fsp3) is 0. The molecule has 0 spiro atoms. The van der Waals surface area contributed by atoms with E-state index in [1.165, 1.54) is 0 Å². The highest BCUT2D eigenvalue weighted by molar-refractivity contribution is 6.06. The van der Waals surface area contributed by atoms with Gasteiger partial charge in [-0.05, 0) is 108 Å². The summed E-state index contributed by atoms with van der Waals surface area (Å²) in [4.78, 5) is 7.10. The van der Waals surface area contributed by atoms with Crippen LogP contribution in [0.5, 0.6) is 0 Å². The minimum atomic E-state index is 0.906. The van der Waals surface area contributed by atoms with E-state index in [4.69, 9.17) is 4.42 Å². The Labute approximate surface area is 302 Å². The summed E-state index contributed by atoms with van der Waals surface area (Å²) in [5.41, 5.74) is 14.1. The van der Waals surface area contributed by atoms with Gasteiger partial charge < -0.3 is 19.1 Å². The van der Waals surface area contributed by atoms with Gasteiger partial charge in [-0.25, -0.2) is 0 Å². The van der Waals surface area contributed by atoms with Gasteiger partial charge in [0, 0.05) is 39.2 Å². The van der Waals surface area contributed by atoms with Crippen LogP contribution >= 0.6 is 0 Å². The highest BCUT2D eigenvalue weighted by atomic mass is 16.3. The van der Waals surface area contributed by atoms with Crippen LogP contribution in [0.3, 0.4) is 0 Å². The summed E-state index contributed by atoms with van der Waals surface area (Å²) in [7, 11) is 0. The monoisotopic (exact) mass is 667 g/mol. The normalized spacial score (nSPS) is 12.2. The minimum Gasteiger partial charge on any atom is -0.456 e. The van der Waals surface area contributed by atoms with Gasteiger partial charge in [0.25, 0.3) is 0 Å². The van der Waals surface area contributed by atoms with Gasteiger partial charge in [-0.15, -0.1) is 0 Å². The van der Waals surface area contributed by atoms with Crippen molar-refractivity contribution in [3.05, 3.63) is 200 Å². The van der Waals surface area contributed by atoms with Crippen molar-refractivity contribution < 1.29 is 4.42 Å². The third kappa shape index (κ3) is 5.00. The van der Waals surface area contributed by atoms with Gasteiger partial charge in [-0.2, -0.15) is 0 Å². The molecule has 1 aliphatic heterocycles. The molecule has 0 atom stereocenters. The van der Waals surface area contributed by atoms with E-state index in [9.17, 15) is 0 Å². The number of anilines is 9. The van der Waals surface area contributed by atoms with Crippen molar-refractivity contribution in [1.29, 1.82) is 0 Å². The van der Waals surface area contributed by atoms with Crippen LogP contribution in [0.4, 0.5) is 51.2 Å². The molecule has 0 saturated heterocycles. The number of nitrogens with zero attached hydrogens (tertiary/aromatic N) is 3. The molecule has 2 heterocycles. The first-order valence-electron chi connectivity index (χ1n) is 17.6. The number of rotatable bonds is 6. The Morgan fingerprint density at radius 2 is 0.846 bits per heavy atom. The quantitative estimate of drug-likeness (QED) is 0.176. The van der Waals surface area contributed by atoms with Gasteiger partial charge in [-0.3, -0.25) is 0 Å². The molecule has 0 aliphatic carbocycles. The molecule has 0 amide bonds. The Bertz CT molecular complexity index is 2650. The summed E-state index contributed by atoms with van der Waals surface area (Å²) in [5, 5.41) is 2.27. The Hall–Kier alpha value is -7.04. The molecule has 0 unspecified atom stereocenters. The first-order valence-corrected chi connectivity index (χ1v) is 17.6. The molecule has 246 valence electrons. The molecular weight excluding hydrogens is 635 g/mol. The number of benzene rings is 8. The molecule has 0 fully saturated rings. The zero-order valence-corrected chi connectivity index (χ0v) is 28.3. The van der Waals surface area contributed by atoms with Crippen molar-refractivity contribution in [3.8, 4) is 11.1 Å². The van der Waals surface area contributed by atoms with Crippen molar-refractivity contribution in [1.82, 2.24) is 0 Å². The molecule has 10 rings (SSSR count). The molecule has 0 bridgehead atoms. The molecule has 4 heteroatoms. The van der Waals surface area contributed by atoms with Gasteiger partial charge in [-0.1, -0.05) is 103 Å². The smallest absolute Gasteiger partial charge is 0.135 e. The molecule has 1 aromatic heterocycles. The third-order valence-corrected chi connectivity index (χ3v) is 9.94. The number of fused-ring (bicyclic) bond motifs is 5. The maximum Gasteiger partial charge on any atom is 0.135 e. The molecule has 9 aromatic rings. The van der Waals surface area contributed by atoms with Crippen LogP contribution < -0.4 is 14.7 Å². The molecule has 4 nitrogen and oxygen atoms in total. The minimum absolute atomic E-state index is 0.906. The number of hydrogen-bond acceptors (Lipinski definition) is 4. The second kappa shape index (κ2) is 12.4. The summed E-state index contributed by atoms with van der Waals surface area (Å²) in [6, 6.07) is 71.0. The van der Waals surface area contributed by atoms with E-state index in [0.29, 0.717) is 0 Å². The zero-order chi connectivity index (χ0) is 34.4. The van der Waals surface area contributed by atoms with Crippen LogP contribution in [-0.2, 0) is 0 Å². The highest BCUT2D eigenvalue weighted by Crippen LogP contribution is 2.55. The lowest BCUT2D eigenvalue weighted by atomic mass is 10.0. The largest absolute Gasteiger partial charge is 0.456 e. The second-order valence-corrected chi connectivity index (χ2v) is 13.0. The zero-order valence-electron chi connectivity index (χ0n) is 28.3. The van der Waals surface area contributed by atoms with Crippen LogP contribution in [0.2, 0.25) is 0 Å². The van der Waals surface area contributed by atoms with Crippen LogP contribution in [-0.4, -0.2) is 0 Å². The molecular formula is C48H33N3O. The highest BCUT2D eigenvalue weighted by Gasteiger charge is 2.31. The fourth-order valence-corrected chi connectivity index (χ4v) is 7.56. The first-order chi connectivity index (χ1) is 25.8. The summed E-state index contributed by atoms with van der Waals surface area (Å²) >= 11 is 0. The van der Waals surface area contributed by atoms with Gasteiger partial charge in [0.15, 0.2) is 0 Å². The lowest BCUT2D eigenvalue weighted by molar-refractivity contribution is 0.669. The standard InChI is InChI=1S/C48H33N3O/c1-4-14-36(15-5-1)49(37-16-6-2-7-17-37)40-29-30-45-46(33-40)51(38-18-8-3-9-19-38)44-22-12-11-21-43(44)50(45)39-27-24-34(25-28-39)35-26-31-48-42(32-35)41-20-10-13-23-47(41)52-48/h1-33H. The van der Waals surface area contributed by atoms with Gasteiger partial charge >= 0.3 is 0 Å². The third-order valence-electron chi connectivity index (χ3n) is 9.94. The van der Waals surface area contributed by atoms with E-state index >= 15 is 0 Å². The molecule has 52 heavy (non-hydrogen) atoms. The van der Waals surface area contributed by atoms with E-state index in [-0.39, 0.29) is 0 Å². The fourth-order valence-electron chi connectivity index (χ4n) is 7.56. The van der Waals surface area contributed by atoms with E-state index < -0.39 is 0 Å². The van der Waals surface area contributed by atoms with Crippen molar-refractivity contribution in [2.75, 3.05) is 14.7 Å². The van der Waals surface area contributed by atoms with E-state index in [0.717, 1.165) is 84.3 Å². The summed E-state index contributed by atoms with van der Waals surface area (Å²) in [6.45, 7) is 0. The number of para-hydroxylation sites is 6. The van der Waals surface area contributed by atoms with Crippen molar-refractivity contribution in [2.24, 2.45) is 0 Å². The van der Waals surface area contributed by atoms with Crippen LogP contribution in [0, 0.1) is 0 Å². The number of furan rings is 1. The van der Waals surface area contributed by atoms with Gasteiger partial charge in [0.2, 0.25) is 0 Å². The molecule has 1 aliphatic rings. The molecule has 8 aromatic carbocycles. The summed E-state index contributed by atoms with van der Waals surface area (Å²) in [5.74, 6) is 0. The average molecular weight is 668 g/mol. The first kappa shape index (κ1) is 29.8. The predicted molar refractivity (Wildman–Crippen MR) is 217 cm³/mol. The lowest BCUT2D eigenvalue weighted by Crippen LogP contribution is -2.24.